The van der Waals surface area contributed by atoms with E-state index < -0.39 is 97.5 Å². The first-order chi connectivity index (χ1) is 43.7. The largest absolute Gasteiger partial charge is 0.472 e. The molecule has 0 aliphatic rings. The fourth-order valence-corrected chi connectivity index (χ4v) is 12.3. The molecule has 8 atom stereocenters. The van der Waals surface area contributed by atoms with Gasteiger partial charge in [-0.2, -0.15) is 0 Å². The summed E-state index contributed by atoms with van der Waals surface area (Å²) in [7, 11) is -9.91. The molecule has 0 fully saturated rings. The number of hydrogen-bond donors (Lipinski definition) is 3. The van der Waals surface area contributed by atoms with E-state index in [1.807, 2.05) is 0 Å². The summed E-state index contributed by atoms with van der Waals surface area (Å²) < 4.78 is 68.3. The van der Waals surface area contributed by atoms with Crippen LogP contribution in [0, 0.1) is 23.7 Å². The monoisotopic (exact) mass is 1340 g/mol. The summed E-state index contributed by atoms with van der Waals surface area (Å²) in [6.45, 7) is 14.1. The third-order valence-electron chi connectivity index (χ3n) is 17.7. The highest BCUT2D eigenvalue weighted by Crippen LogP contribution is 2.45. The summed E-state index contributed by atoms with van der Waals surface area (Å²) in [5, 5.41) is 10.6. The first-order valence-electron chi connectivity index (χ1n) is 37.3. The van der Waals surface area contributed by atoms with Crippen molar-refractivity contribution in [2.45, 2.75) is 375 Å². The van der Waals surface area contributed by atoms with Gasteiger partial charge in [-0.3, -0.25) is 37.3 Å². The maximum Gasteiger partial charge on any atom is 0.472 e. The minimum Gasteiger partial charge on any atom is -0.462 e. The Morgan fingerprint density at radius 2 is 0.527 bits per heavy atom. The molecule has 0 amide bonds. The molecule has 0 rings (SSSR count). The number of phosphoric ester groups is 2. The SMILES string of the molecule is CCC(C)CCCCCCCCCCCCCCCCC(=O)O[C@H](COC(=O)CCCCCCCCC(C)CC)COP(=O)(O)OC[C@H](O)COP(=O)(O)OC[C@@H](COC(=O)CCCCCCCCC(C)CC)OC(=O)CCCCCCCCCCCCC(C)C. The zero-order valence-electron chi connectivity index (χ0n) is 59.5. The Balaban J connectivity index is 5.23. The van der Waals surface area contributed by atoms with E-state index in [4.69, 9.17) is 37.0 Å². The maximum absolute atomic E-state index is 13.0. The smallest absolute Gasteiger partial charge is 0.462 e. The number of unbranched alkanes of at least 4 members (excludes halogenated alkanes) is 32. The molecule has 0 aliphatic carbocycles. The topological polar surface area (TPSA) is 237 Å². The Hall–Kier alpha value is -1.94. The number of carbonyl (C=O) groups is 4. The molecule has 0 saturated heterocycles. The first kappa shape index (κ1) is 89.1. The summed E-state index contributed by atoms with van der Waals surface area (Å²) in [4.78, 5) is 72.6. The highest BCUT2D eigenvalue weighted by atomic mass is 31.2. The summed E-state index contributed by atoms with van der Waals surface area (Å²) >= 11 is 0. The Morgan fingerprint density at radius 3 is 0.780 bits per heavy atom. The molecule has 0 radical (unpaired) electrons. The van der Waals surface area contributed by atoms with Gasteiger partial charge in [0.1, 0.15) is 19.3 Å². The number of esters is 4. The lowest BCUT2D eigenvalue weighted by Crippen LogP contribution is -2.30. The maximum atomic E-state index is 13.0. The van der Waals surface area contributed by atoms with Crippen LogP contribution in [-0.2, 0) is 65.4 Å². The van der Waals surface area contributed by atoms with E-state index in [-0.39, 0.29) is 25.7 Å². The van der Waals surface area contributed by atoms with Crippen LogP contribution in [-0.4, -0.2) is 96.7 Å². The molecule has 91 heavy (non-hydrogen) atoms. The quantitative estimate of drug-likeness (QED) is 0.0222. The number of rotatable bonds is 69. The average Bonchev–Trinajstić information content (AvgIpc) is 3.57. The lowest BCUT2D eigenvalue weighted by atomic mass is 9.99. The van der Waals surface area contributed by atoms with Crippen LogP contribution in [0.1, 0.15) is 357 Å². The molecule has 0 bridgehead atoms. The molecule has 3 N–H and O–H groups in total. The van der Waals surface area contributed by atoms with E-state index in [1.165, 1.54) is 148 Å². The van der Waals surface area contributed by atoms with Gasteiger partial charge >= 0.3 is 39.5 Å². The van der Waals surface area contributed by atoms with Gasteiger partial charge in [0, 0.05) is 25.7 Å². The Bertz CT molecular complexity index is 1800. The van der Waals surface area contributed by atoms with Crippen LogP contribution >= 0.6 is 15.6 Å². The van der Waals surface area contributed by atoms with Crippen molar-refractivity contribution in [3.05, 3.63) is 0 Å². The van der Waals surface area contributed by atoms with E-state index in [0.29, 0.717) is 25.7 Å². The zero-order valence-corrected chi connectivity index (χ0v) is 61.3. The molecule has 540 valence electrons. The third-order valence-corrected chi connectivity index (χ3v) is 19.6. The second kappa shape index (κ2) is 61.6. The van der Waals surface area contributed by atoms with Gasteiger partial charge in [-0.15, -0.1) is 0 Å². The highest BCUT2D eigenvalue weighted by Gasteiger charge is 2.30. The van der Waals surface area contributed by atoms with Crippen molar-refractivity contribution in [2.24, 2.45) is 23.7 Å². The van der Waals surface area contributed by atoms with E-state index in [9.17, 15) is 43.2 Å². The molecular weight excluding hydrogens is 1200 g/mol. The van der Waals surface area contributed by atoms with Gasteiger partial charge in [0.05, 0.1) is 26.4 Å². The summed E-state index contributed by atoms with van der Waals surface area (Å²) in [5.74, 6) is 0.931. The molecule has 0 saturated carbocycles. The van der Waals surface area contributed by atoms with Gasteiger partial charge in [-0.25, -0.2) is 9.13 Å². The van der Waals surface area contributed by atoms with E-state index in [2.05, 4.69) is 55.4 Å². The van der Waals surface area contributed by atoms with Crippen molar-refractivity contribution >= 4 is 39.5 Å². The number of carbonyl (C=O) groups excluding carboxylic acids is 4. The van der Waals surface area contributed by atoms with E-state index in [1.54, 1.807) is 0 Å². The minimum atomic E-state index is -4.95. The minimum absolute atomic E-state index is 0.104. The van der Waals surface area contributed by atoms with Crippen LogP contribution in [0.3, 0.4) is 0 Å². The third kappa shape index (κ3) is 62.6. The fourth-order valence-electron chi connectivity index (χ4n) is 10.7. The van der Waals surface area contributed by atoms with Crippen molar-refractivity contribution in [1.82, 2.24) is 0 Å². The predicted octanol–water partition coefficient (Wildman–Crippen LogP) is 20.5. The predicted molar refractivity (Wildman–Crippen MR) is 367 cm³/mol. The molecule has 17 nitrogen and oxygen atoms in total. The molecule has 0 spiro atoms. The zero-order chi connectivity index (χ0) is 67.5. The summed E-state index contributed by atoms with van der Waals surface area (Å²) in [5.41, 5.74) is 0. The highest BCUT2D eigenvalue weighted by molar-refractivity contribution is 7.47. The first-order valence-corrected chi connectivity index (χ1v) is 40.3. The molecule has 0 aromatic heterocycles. The van der Waals surface area contributed by atoms with Crippen LogP contribution in [0.4, 0.5) is 0 Å². The van der Waals surface area contributed by atoms with Gasteiger partial charge < -0.3 is 33.8 Å². The van der Waals surface area contributed by atoms with Crippen LogP contribution in [0.5, 0.6) is 0 Å². The Kier molecular flexibility index (Phi) is 60.3. The van der Waals surface area contributed by atoms with E-state index >= 15 is 0 Å². The fraction of sp³-hybridized carbons (Fsp3) is 0.944. The van der Waals surface area contributed by atoms with Crippen molar-refractivity contribution in [3.8, 4) is 0 Å². The summed E-state index contributed by atoms with van der Waals surface area (Å²) in [6.07, 6.45) is 44.4. The van der Waals surface area contributed by atoms with Crippen molar-refractivity contribution in [3.63, 3.8) is 0 Å². The van der Waals surface area contributed by atoms with Crippen molar-refractivity contribution in [2.75, 3.05) is 39.6 Å². The van der Waals surface area contributed by atoms with Gasteiger partial charge in [0.2, 0.25) is 0 Å². The lowest BCUT2D eigenvalue weighted by molar-refractivity contribution is -0.161. The van der Waals surface area contributed by atoms with Gasteiger partial charge in [0.25, 0.3) is 0 Å². The van der Waals surface area contributed by atoms with Crippen LogP contribution in [0.25, 0.3) is 0 Å². The second-order valence-corrected chi connectivity index (χ2v) is 30.1. The van der Waals surface area contributed by atoms with Gasteiger partial charge in [-0.05, 0) is 49.4 Å². The van der Waals surface area contributed by atoms with Gasteiger partial charge in [0.15, 0.2) is 12.2 Å². The lowest BCUT2D eigenvalue weighted by Gasteiger charge is -2.21. The van der Waals surface area contributed by atoms with Gasteiger partial charge in [-0.1, -0.05) is 306 Å². The van der Waals surface area contributed by atoms with Crippen LogP contribution < -0.4 is 0 Å². The van der Waals surface area contributed by atoms with Crippen molar-refractivity contribution in [1.29, 1.82) is 0 Å². The van der Waals surface area contributed by atoms with Crippen molar-refractivity contribution < 1.29 is 80.2 Å². The Morgan fingerprint density at radius 1 is 0.308 bits per heavy atom. The molecule has 0 aliphatic heterocycles. The standard InChI is InChI=1S/C72H140O17P2/c1-9-63(6)49-41-33-25-21-16-14-12-13-15-17-22-26-38-46-54-71(76)88-67(58-82-69(74)52-44-36-30-28-34-42-50-64(7)10-2)60-86-90(78,79)84-56-66(73)57-85-91(80,81)87-61-68(59-83-70(75)53-45-37-31-29-35-43-51-65(8)11-3)89-72(77)55-47-39-27-23-19-18-20-24-32-40-48-62(4)5/h62-68,73H,9-61H2,1-8H3,(H,78,79)(H,80,81)/t63?,64?,65?,66-,67+,68+/m0/s1. The molecular formula is C72H140O17P2. The number of ether oxygens (including phenoxy) is 4. The number of aliphatic hydroxyl groups is 1. The number of aliphatic hydroxyl groups excluding tert-OH is 1. The normalized spacial score (nSPS) is 15.1. The van der Waals surface area contributed by atoms with Crippen LogP contribution in [0.15, 0.2) is 0 Å². The second-order valence-electron chi connectivity index (χ2n) is 27.2. The average molecular weight is 1340 g/mol. The number of hydrogen-bond acceptors (Lipinski definition) is 15. The summed E-state index contributed by atoms with van der Waals surface area (Å²) in [6, 6.07) is 0. The molecule has 5 unspecified atom stereocenters. The molecule has 0 heterocycles. The molecule has 19 heteroatoms. The molecule has 0 aromatic carbocycles. The Labute approximate surface area is 556 Å². The number of phosphoric acid groups is 2. The van der Waals surface area contributed by atoms with Crippen LogP contribution in [0.2, 0.25) is 0 Å². The molecule has 0 aromatic rings. The van der Waals surface area contributed by atoms with E-state index in [0.717, 1.165) is 126 Å².